The Labute approximate surface area is 127 Å². The Balaban J connectivity index is 2.07. The van der Waals surface area contributed by atoms with Crippen molar-refractivity contribution in [2.24, 2.45) is 0 Å². The quantitative estimate of drug-likeness (QED) is 0.574. The van der Waals surface area contributed by atoms with Crippen LogP contribution in [0.2, 0.25) is 0 Å². The van der Waals surface area contributed by atoms with E-state index in [1.165, 1.54) is 25.6 Å². The van der Waals surface area contributed by atoms with Gasteiger partial charge in [0.1, 0.15) is 5.52 Å². The molecule has 23 heavy (non-hydrogen) atoms. The molecular weight excluding hydrogens is 309 g/mol. The Hall–Kier alpha value is -2.90. The third-order valence-electron chi connectivity index (χ3n) is 3.53. The van der Waals surface area contributed by atoms with Crippen LogP contribution in [0.15, 0.2) is 35.2 Å². The van der Waals surface area contributed by atoms with E-state index in [0.29, 0.717) is 22.6 Å². The molecule has 1 aromatic carbocycles. The maximum atomic E-state index is 13.2. The van der Waals surface area contributed by atoms with Gasteiger partial charge >= 0.3 is 6.18 Å². The number of aromatic amines is 1. The molecule has 3 heterocycles. The van der Waals surface area contributed by atoms with Crippen LogP contribution in [0.5, 0.6) is 0 Å². The molecule has 0 saturated heterocycles. The summed E-state index contributed by atoms with van der Waals surface area (Å²) in [5, 5.41) is 0.0196. The summed E-state index contributed by atoms with van der Waals surface area (Å²) in [6, 6.07) is 3.99. The van der Waals surface area contributed by atoms with Gasteiger partial charge in [0.15, 0.2) is 18.0 Å². The van der Waals surface area contributed by atoms with Gasteiger partial charge in [-0.15, -0.1) is 0 Å². The van der Waals surface area contributed by atoms with Gasteiger partial charge in [-0.1, -0.05) is 0 Å². The van der Waals surface area contributed by atoms with Crippen molar-refractivity contribution in [3.63, 3.8) is 0 Å². The van der Waals surface area contributed by atoms with Crippen molar-refractivity contribution in [1.82, 2.24) is 19.9 Å². The van der Waals surface area contributed by atoms with Gasteiger partial charge in [0.05, 0.1) is 22.8 Å². The number of oxazole rings is 1. The third kappa shape index (κ3) is 2.14. The number of halogens is 3. The number of pyridine rings is 1. The normalized spacial score (nSPS) is 12.3. The summed E-state index contributed by atoms with van der Waals surface area (Å²) in [6.07, 6.45) is -1.73. The van der Waals surface area contributed by atoms with Gasteiger partial charge in [0, 0.05) is 11.1 Å². The van der Waals surface area contributed by atoms with Crippen LogP contribution in [0.1, 0.15) is 11.3 Å². The summed E-state index contributed by atoms with van der Waals surface area (Å²) in [5.41, 5.74) is 0.711. The summed E-state index contributed by atoms with van der Waals surface area (Å²) in [4.78, 5) is 15.4. The molecule has 116 valence electrons. The van der Waals surface area contributed by atoms with E-state index in [1.807, 2.05) is 0 Å². The minimum Gasteiger partial charge on any atom is -0.440 e. The van der Waals surface area contributed by atoms with Crippen LogP contribution in [0.25, 0.3) is 33.5 Å². The highest BCUT2D eigenvalue weighted by Gasteiger charge is 2.33. The number of hydrogen-bond acceptors (Lipinski definition) is 4. The van der Waals surface area contributed by atoms with E-state index in [0.717, 1.165) is 6.07 Å². The largest absolute Gasteiger partial charge is 0.440 e. The Bertz CT molecular complexity index is 1020. The first-order valence-corrected chi connectivity index (χ1v) is 6.69. The first-order chi connectivity index (χ1) is 10.9. The zero-order valence-electron chi connectivity index (χ0n) is 11.8. The van der Waals surface area contributed by atoms with Gasteiger partial charge in [-0.3, -0.25) is 4.98 Å². The molecule has 4 rings (SSSR count). The van der Waals surface area contributed by atoms with Crippen molar-refractivity contribution >= 4 is 21.9 Å². The molecule has 8 heteroatoms. The maximum Gasteiger partial charge on any atom is 0.417 e. The number of rotatable bonds is 1. The standard InChI is InChI=1S/C15H9F3N4O/c1-7-4-9(15(16,17)18)8-2-3-10-13(12(8)20-7)22-14(21-10)11-5-19-6-23-11/h2-6H,1H3,(H,21,22). The van der Waals surface area contributed by atoms with Gasteiger partial charge < -0.3 is 9.40 Å². The molecule has 0 amide bonds. The summed E-state index contributed by atoms with van der Waals surface area (Å²) in [5.74, 6) is 0.792. The number of nitrogens with one attached hydrogen (secondary N) is 1. The van der Waals surface area contributed by atoms with Crippen LogP contribution in [0.4, 0.5) is 13.2 Å². The molecule has 4 aromatic rings. The number of fused-ring (bicyclic) bond motifs is 3. The van der Waals surface area contributed by atoms with Crippen molar-refractivity contribution in [1.29, 1.82) is 0 Å². The predicted molar refractivity (Wildman–Crippen MR) is 76.6 cm³/mol. The zero-order chi connectivity index (χ0) is 16.2. The molecular formula is C15H9F3N4O. The Morgan fingerprint density at radius 1 is 1.13 bits per heavy atom. The number of hydrogen-bond donors (Lipinski definition) is 1. The number of H-pyrrole nitrogens is 1. The number of alkyl halides is 3. The highest BCUT2D eigenvalue weighted by atomic mass is 19.4. The van der Waals surface area contributed by atoms with Crippen molar-refractivity contribution in [3.8, 4) is 11.6 Å². The first kappa shape index (κ1) is 13.7. The Morgan fingerprint density at radius 3 is 2.65 bits per heavy atom. The summed E-state index contributed by atoms with van der Waals surface area (Å²) >= 11 is 0. The van der Waals surface area contributed by atoms with Gasteiger partial charge in [0.2, 0.25) is 0 Å². The van der Waals surface area contributed by atoms with E-state index in [1.54, 1.807) is 6.07 Å². The lowest BCUT2D eigenvalue weighted by Gasteiger charge is -2.11. The van der Waals surface area contributed by atoms with Crippen molar-refractivity contribution < 1.29 is 17.6 Å². The fourth-order valence-corrected chi connectivity index (χ4v) is 2.57. The second-order valence-electron chi connectivity index (χ2n) is 5.12. The predicted octanol–water partition coefficient (Wildman–Crippen LogP) is 4.09. The van der Waals surface area contributed by atoms with Crippen molar-refractivity contribution in [2.75, 3.05) is 0 Å². The highest BCUT2D eigenvalue weighted by molar-refractivity contribution is 6.03. The molecule has 0 unspecified atom stereocenters. The molecule has 0 radical (unpaired) electrons. The van der Waals surface area contributed by atoms with Crippen LogP contribution in [0, 0.1) is 6.92 Å². The summed E-state index contributed by atoms with van der Waals surface area (Å²) in [6.45, 7) is 1.53. The monoisotopic (exact) mass is 318 g/mol. The number of benzene rings is 1. The Morgan fingerprint density at radius 2 is 1.96 bits per heavy atom. The smallest absolute Gasteiger partial charge is 0.417 e. The summed E-state index contributed by atoms with van der Waals surface area (Å²) in [7, 11) is 0. The lowest BCUT2D eigenvalue weighted by atomic mass is 10.1. The maximum absolute atomic E-state index is 13.2. The first-order valence-electron chi connectivity index (χ1n) is 6.69. The highest BCUT2D eigenvalue weighted by Crippen LogP contribution is 2.37. The van der Waals surface area contributed by atoms with Crippen LogP contribution in [-0.2, 0) is 6.18 Å². The lowest BCUT2D eigenvalue weighted by Crippen LogP contribution is -2.07. The average Bonchev–Trinajstić information content (AvgIpc) is 3.14. The Kier molecular flexibility index (Phi) is 2.72. The van der Waals surface area contributed by atoms with Crippen molar-refractivity contribution in [3.05, 3.63) is 42.0 Å². The van der Waals surface area contributed by atoms with Crippen molar-refractivity contribution in [2.45, 2.75) is 13.1 Å². The van der Waals surface area contributed by atoms with Crippen LogP contribution < -0.4 is 0 Å². The average molecular weight is 318 g/mol. The molecule has 0 fully saturated rings. The molecule has 0 spiro atoms. The molecule has 3 aromatic heterocycles. The fraction of sp³-hybridized carbons (Fsp3) is 0.133. The van der Waals surface area contributed by atoms with Gasteiger partial charge in [-0.25, -0.2) is 9.97 Å². The molecule has 0 bridgehead atoms. The van der Waals surface area contributed by atoms with Gasteiger partial charge in [0.25, 0.3) is 0 Å². The minimum absolute atomic E-state index is 0.0196. The summed E-state index contributed by atoms with van der Waals surface area (Å²) < 4.78 is 44.9. The second-order valence-corrected chi connectivity index (χ2v) is 5.12. The topological polar surface area (TPSA) is 67.6 Å². The number of imidazole rings is 1. The number of aromatic nitrogens is 4. The van der Waals surface area contributed by atoms with E-state index in [4.69, 9.17) is 4.42 Å². The van der Waals surface area contributed by atoms with Crippen LogP contribution >= 0.6 is 0 Å². The molecule has 0 saturated carbocycles. The zero-order valence-corrected chi connectivity index (χ0v) is 11.8. The lowest BCUT2D eigenvalue weighted by molar-refractivity contribution is -0.136. The van der Waals surface area contributed by atoms with E-state index < -0.39 is 11.7 Å². The number of nitrogens with zero attached hydrogens (tertiary/aromatic N) is 3. The molecule has 0 aliphatic carbocycles. The SMILES string of the molecule is Cc1cc(C(F)(F)F)c2ccc3[nH]c(-c4cnco4)nc3c2n1. The molecule has 5 nitrogen and oxygen atoms in total. The van der Waals surface area contributed by atoms with Crippen LogP contribution in [0.3, 0.4) is 0 Å². The molecule has 1 N–H and O–H groups in total. The van der Waals surface area contributed by atoms with E-state index in [2.05, 4.69) is 19.9 Å². The fourth-order valence-electron chi connectivity index (χ4n) is 2.57. The molecule has 0 atom stereocenters. The van der Waals surface area contributed by atoms with Gasteiger partial charge in [-0.05, 0) is 25.1 Å². The molecule has 0 aliphatic heterocycles. The number of aryl methyl sites for hydroxylation is 1. The van der Waals surface area contributed by atoms with Gasteiger partial charge in [-0.2, -0.15) is 13.2 Å². The molecule has 0 aliphatic rings. The van der Waals surface area contributed by atoms with E-state index in [9.17, 15) is 13.2 Å². The third-order valence-corrected chi connectivity index (χ3v) is 3.53. The second kappa shape index (κ2) is 4.55. The van der Waals surface area contributed by atoms with E-state index >= 15 is 0 Å². The van der Waals surface area contributed by atoms with E-state index in [-0.39, 0.29) is 16.6 Å². The van der Waals surface area contributed by atoms with Crippen LogP contribution in [-0.4, -0.2) is 19.9 Å². The minimum atomic E-state index is -4.45.